The van der Waals surface area contributed by atoms with Gasteiger partial charge in [-0.15, -0.1) is 0 Å². The monoisotopic (exact) mass is 279 g/mol. The normalized spacial score (nSPS) is 17.2. The number of amides is 1. The van der Waals surface area contributed by atoms with Crippen molar-refractivity contribution in [2.45, 2.75) is 57.5 Å². The lowest BCUT2D eigenvalue weighted by molar-refractivity contribution is -0.137. The summed E-state index contributed by atoms with van der Waals surface area (Å²) in [7, 11) is 0. The van der Waals surface area contributed by atoms with Gasteiger partial charge in [0.15, 0.2) is 0 Å². The van der Waals surface area contributed by atoms with Crippen LogP contribution in [0.25, 0.3) is 0 Å². The number of carboxylic acid groups (broad SMARTS) is 1. The molecular weight excluding hydrogens is 258 g/mol. The second kappa shape index (κ2) is 7.07. The van der Waals surface area contributed by atoms with Gasteiger partial charge in [0.1, 0.15) is 6.54 Å². The van der Waals surface area contributed by atoms with Crippen LogP contribution in [0.5, 0.6) is 0 Å². The fourth-order valence-electron chi connectivity index (χ4n) is 2.58. The summed E-state index contributed by atoms with van der Waals surface area (Å²) in [4.78, 5) is 22.7. The van der Waals surface area contributed by atoms with Gasteiger partial charge in [0, 0.05) is 12.2 Å². The highest BCUT2D eigenvalue weighted by Gasteiger charge is 2.16. The maximum absolute atomic E-state index is 12.1. The number of hydrogen-bond acceptors (Lipinski definition) is 3. The molecule has 0 aromatic carbocycles. The smallest absolute Gasteiger partial charge is 0.325 e. The minimum atomic E-state index is -0.972. The Morgan fingerprint density at radius 2 is 1.90 bits per heavy atom. The largest absolute Gasteiger partial charge is 0.480 e. The molecule has 20 heavy (non-hydrogen) atoms. The third kappa shape index (κ3) is 4.36. The van der Waals surface area contributed by atoms with Gasteiger partial charge in [-0.25, -0.2) is 0 Å². The molecule has 1 saturated carbocycles. The Morgan fingerprint density at radius 1 is 1.25 bits per heavy atom. The fourth-order valence-corrected chi connectivity index (χ4v) is 2.58. The molecule has 0 aliphatic heterocycles. The molecule has 1 fully saturated rings. The third-order valence-corrected chi connectivity index (χ3v) is 3.63. The molecule has 0 saturated heterocycles. The average Bonchev–Trinajstić information content (AvgIpc) is 2.80. The van der Waals surface area contributed by atoms with Gasteiger partial charge in [0.05, 0.1) is 11.8 Å². The maximum atomic E-state index is 12.1. The summed E-state index contributed by atoms with van der Waals surface area (Å²) < 4.78 is 1.26. The number of nitrogens with zero attached hydrogens (tertiary/aromatic N) is 2. The molecular formula is C14H21N3O3. The second-order valence-corrected chi connectivity index (χ2v) is 5.34. The Labute approximate surface area is 118 Å². The van der Waals surface area contributed by atoms with Crippen molar-refractivity contribution in [3.63, 3.8) is 0 Å². The van der Waals surface area contributed by atoms with E-state index in [0.717, 1.165) is 25.7 Å². The third-order valence-electron chi connectivity index (χ3n) is 3.63. The summed E-state index contributed by atoms with van der Waals surface area (Å²) in [6.07, 6.45) is 11.0. The number of carbonyl (C=O) groups is 2. The van der Waals surface area contributed by atoms with Crippen molar-refractivity contribution >= 4 is 11.9 Å². The molecule has 1 aromatic rings. The minimum absolute atomic E-state index is 0.160. The van der Waals surface area contributed by atoms with Crippen LogP contribution >= 0.6 is 0 Å². The van der Waals surface area contributed by atoms with E-state index >= 15 is 0 Å². The Balaban J connectivity index is 1.89. The van der Waals surface area contributed by atoms with E-state index in [-0.39, 0.29) is 18.5 Å². The number of carboxylic acids is 1. The number of rotatable bonds is 4. The first-order valence-electron chi connectivity index (χ1n) is 7.20. The van der Waals surface area contributed by atoms with Crippen LogP contribution in [0.4, 0.5) is 0 Å². The zero-order valence-electron chi connectivity index (χ0n) is 11.5. The minimum Gasteiger partial charge on any atom is -0.480 e. The quantitative estimate of drug-likeness (QED) is 0.880. The summed E-state index contributed by atoms with van der Waals surface area (Å²) in [6, 6.07) is 0.227. The summed E-state index contributed by atoms with van der Waals surface area (Å²) in [5, 5.41) is 15.6. The van der Waals surface area contributed by atoms with Gasteiger partial charge in [-0.2, -0.15) is 5.10 Å². The van der Waals surface area contributed by atoms with E-state index in [0.29, 0.717) is 5.56 Å². The lowest BCUT2D eigenvalue weighted by Crippen LogP contribution is -2.35. The zero-order chi connectivity index (χ0) is 14.4. The molecule has 0 radical (unpaired) electrons. The van der Waals surface area contributed by atoms with E-state index in [1.165, 1.54) is 36.3 Å². The molecule has 1 aromatic heterocycles. The van der Waals surface area contributed by atoms with Crippen LogP contribution in [0.15, 0.2) is 12.4 Å². The van der Waals surface area contributed by atoms with Crippen molar-refractivity contribution in [2.24, 2.45) is 0 Å². The Kier molecular flexibility index (Phi) is 5.15. The van der Waals surface area contributed by atoms with Crippen molar-refractivity contribution in [1.82, 2.24) is 15.1 Å². The standard InChI is InChI=1S/C14H21N3O3/c18-13(19)10-17-9-11(8-15-17)14(20)16-12-6-4-2-1-3-5-7-12/h8-9,12H,1-7,10H2,(H,16,20)(H,18,19). The SMILES string of the molecule is O=C(O)Cn1cc(C(=O)NC2CCCCCCC2)cn1. The van der Waals surface area contributed by atoms with Gasteiger partial charge >= 0.3 is 5.97 Å². The molecule has 0 bridgehead atoms. The number of nitrogens with one attached hydrogen (secondary N) is 1. The topological polar surface area (TPSA) is 84.2 Å². The van der Waals surface area contributed by atoms with E-state index in [9.17, 15) is 9.59 Å². The maximum Gasteiger partial charge on any atom is 0.325 e. The van der Waals surface area contributed by atoms with Crippen molar-refractivity contribution in [2.75, 3.05) is 0 Å². The lowest BCUT2D eigenvalue weighted by atomic mass is 9.96. The number of hydrogen-bond donors (Lipinski definition) is 2. The van der Waals surface area contributed by atoms with Crippen LogP contribution in [0.2, 0.25) is 0 Å². The molecule has 1 aliphatic carbocycles. The highest BCUT2D eigenvalue weighted by atomic mass is 16.4. The van der Waals surface area contributed by atoms with Crippen LogP contribution in [-0.2, 0) is 11.3 Å². The van der Waals surface area contributed by atoms with E-state index < -0.39 is 5.97 Å². The molecule has 6 heteroatoms. The number of aromatic nitrogens is 2. The van der Waals surface area contributed by atoms with Crippen LogP contribution in [-0.4, -0.2) is 32.8 Å². The Hall–Kier alpha value is -1.85. The average molecular weight is 279 g/mol. The molecule has 6 nitrogen and oxygen atoms in total. The second-order valence-electron chi connectivity index (χ2n) is 5.34. The van der Waals surface area contributed by atoms with Gasteiger partial charge in [-0.05, 0) is 12.8 Å². The summed E-state index contributed by atoms with van der Waals surface area (Å²) in [5.41, 5.74) is 0.424. The lowest BCUT2D eigenvalue weighted by Gasteiger charge is -2.20. The predicted octanol–water partition coefficient (Wildman–Crippen LogP) is 1.81. The van der Waals surface area contributed by atoms with Crippen molar-refractivity contribution in [3.8, 4) is 0 Å². The highest BCUT2D eigenvalue weighted by molar-refractivity contribution is 5.93. The fraction of sp³-hybridized carbons (Fsp3) is 0.643. The molecule has 1 heterocycles. The van der Waals surface area contributed by atoms with Crippen LogP contribution in [0, 0.1) is 0 Å². The molecule has 1 amide bonds. The van der Waals surface area contributed by atoms with E-state index in [2.05, 4.69) is 10.4 Å². The van der Waals surface area contributed by atoms with Gasteiger partial charge < -0.3 is 10.4 Å². The number of carbonyl (C=O) groups excluding carboxylic acids is 1. The van der Waals surface area contributed by atoms with Crippen LogP contribution in [0.3, 0.4) is 0 Å². The summed E-state index contributed by atoms with van der Waals surface area (Å²) >= 11 is 0. The van der Waals surface area contributed by atoms with Gasteiger partial charge in [0.2, 0.25) is 0 Å². The van der Waals surface area contributed by atoms with Crippen molar-refractivity contribution < 1.29 is 14.7 Å². The first kappa shape index (κ1) is 14.6. The van der Waals surface area contributed by atoms with Gasteiger partial charge in [-0.3, -0.25) is 14.3 Å². The molecule has 0 atom stereocenters. The number of aliphatic carboxylic acids is 1. The summed E-state index contributed by atoms with van der Waals surface area (Å²) in [5.74, 6) is -1.13. The zero-order valence-corrected chi connectivity index (χ0v) is 11.5. The molecule has 0 spiro atoms. The van der Waals surface area contributed by atoms with Crippen molar-refractivity contribution in [1.29, 1.82) is 0 Å². The van der Waals surface area contributed by atoms with E-state index in [1.54, 1.807) is 0 Å². The molecule has 2 rings (SSSR count). The first-order valence-corrected chi connectivity index (χ1v) is 7.20. The summed E-state index contributed by atoms with van der Waals surface area (Å²) in [6.45, 7) is -0.225. The van der Waals surface area contributed by atoms with E-state index in [4.69, 9.17) is 5.11 Å². The van der Waals surface area contributed by atoms with Crippen molar-refractivity contribution in [3.05, 3.63) is 18.0 Å². The molecule has 110 valence electrons. The van der Waals surface area contributed by atoms with E-state index in [1.807, 2.05) is 0 Å². The molecule has 2 N–H and O–H groups in total. The van der Waals surface area contributed by atoms with Gasteiger partial charge in [0.25, 0.3) is 5.91 Å². The Bertz CT molecular complexity index is 462. The van der Waals surface area contributed by atoms with Crippen LogP contribution < -0.4 is 5.32 Å². The van der Waals surface area contributed by atoms with Crippen LogP contribution in [0.1, 0.15) is 55.3 Å². The molecule has 0 unspecified atom stereocenters. The Morgan fingerprint density at radius 3 is 2.55 bits per heavy atom. The van der Waals surface area contributed by atoms with Gasteiger partial charge in [-0.1, -0.05) is 32.1 Å². The first-order chi connectivity index (χ1) is 9.65. The molecule has 1 aliphatic rings. The predicted molar refractivity (Wildman–Crippen MR) is 73.4 cm³/mol. The highest BCUT2D eigenvalue weighted by Crippen LogP contribution is 2.17.